The number of hydrogen-bond donors (Lipinski definition) is 1. The molecule has 7 heteroatoms. The number of pyridine rings is 1. The highest BCUT2D eigenvalue weighted by atomic mass is 16.5. The van der Waals surface area contributed by atoms with Gasteiger partial charge in [-0.15, -0.1) is 0 Å². The van der Waals surface area contributed by atoms with Gasteiger partial charge in [0.05, 0.1) is 18.7 Å². The van der Waals surface area contributed by atoms with Gasteiger partial charge in [0.15, 0.2) is 0 Å². The molecule has 7 nitrogen and oxygen atoms in total. The van der Waals surface area contributed by atoms with Crippen LogP contribution in [0.4, 0.5) is 5.82 Å². The van der Waals surface area contributed by atoms with E-state index in [0.717, 1.165) is 32.6 Å². The number of anilines is 1. The van der Waals surface area contributed by atoms with E-state index in [1.54, 1.807) is 25.4 Å². The van der Waals surface area contributed by atoms with Crippen molar-refractivity contribution < 1.29 is 14.3 Å². The smallest absolute Gasteiger partial charge is 0.320 e. The minimum absolute atomic E-state index is 0.138. The molecule has 1 aromatic heterocycles. The van der Waals surface area contributed by atoms with Crippen molar-refractivity contribution in [3.05, 3.63) is 23.9 Å². The van der Waals surface area contributed by atoms with Gasteiger partial charge in [-0.25, -0.2) is 4.98 Å². The number of aromatic nitrogens is 1. The lowest BCUT2D eigenvalue weighted by molar-refractivity contribution is -0.144. The Bertz CT molecular complexity index is 550. The van der Waals surface area contributed by atoms with E-state index in [0.29, 0.717) is 24.5 Å². The highest BCUT2D eigenvalue weighted by molar-refractivity contribution is 5.98. The average Bonchev–Trinajstić information content (AvgIpc) is 2.80. The third-order valence-electron chi connectivity index (χ3n) is 3.80. The molecule has 0 saturated carbocycles. The van der Waals surface area contributed by atoms with E-state index in [1.807, 2.05) is 6.92 Å². The first-order valence-corrected chi connectivity index (χ1v) is 7.95. The summed E-state index contributed by atoms with van der Waals surface area (Å²) in [5.41, 5.74) is 0.578. The summed E-state index contributed by atoms with van der Waals surface area (Å²) >= 11 is 0. The van der Waals surface area contributed by atoms with Crippen LogP contribution in [0.3, 0.4) is 0 Å². The quantitative estimate of drug-likeness (QED) is 0.797. The van der Waals surface area contributed by atoms with Gasteiger partial charge in [-0.3, -0.25) is 14.5 Å². The fraction of sp³-hybridized carbons (Fsp3) is 0.562. The Morgan fingerprint density at radius 3 is 2.87 bits per heavy atom. The first-order valence-electron chi connectivity index (χ1n) is 7.95. The van der Waals surface area contributed by atoms with Gasteiger partial charge in [-0.05, 0) is 25.5 Å². The monoisotopic (exact) mass is 320 g/mol. The van der Waals surface area contributed by atoms with Crippen molar-refractivity contribution in [1.82, 2.24) is 15.2 Å². The summed E-state index contributed by atoms with van der Waals surface area (Å²) < 4.78 is 5.00. The highest BCUT2D eigenvalue weighted by Crippen LogP contribution is 2.19. The number of nitrogens with zero attached hydrogens (tertiary/aromatic N) is 3. The minimum Gasteiger partial charge on any atom is -0.465 e. The van der Waals surface area contributed by atoms with Crippen molar-refractivity contribution >= 4 is 17.7 Å². The lowest BCUT2D eigenvalue weighted by Gasteiger charge is -2.24. The number of ether oxygens (including phenoxy) is 1. The molecule has 126 valence electrons. The Labute approximate surface area is 136 Å². The molecule has 1 aliphatic rings. The predicted octanol–water partition coefficient (Wildman–Crippen LogP) is 0.516. The second-order valence-electron chi connectivity index (χ2n) is 5.38. The van der Waals surface area contributed by atoms with E-state index in [-0.39, 0.29) is 11.9 Å². The molecule has 0 unspecified atom stereocenters. The van der Waals surface area contributed by atoms with E-state index in [1.165, 1.54) is 0 Å². The van der Waals surface area contributed by atoms with E-state index >= 15 is 0 Å². The number of carbonyl (C=O) groups is 2. The molecule has 2 heterocycles. The topological polar surface area (TPSA) is 74.8 Å². The average molecular weight is 320 g/mol. The Kier molecular flexibility index (Phi) is 6.34. The molecular weight excluding hydrogens is 296 g/mol. The number of esters is 1. The van der Waals surface area contributed by atoms with Crippen molar-refractivity contribution in [3.8, 4) is 0 Å². The molecular formula is C16H24N4O3. The third kappa shape index (κ3) is 4.66. The summed E-state index contributed by atoms with van der Waals surface area (Å²) in [4.78, 5) is 32.2. The lowest BCUT2D eigenvalue weighted by Crippen LogP contribution is -2.35. The Morgan fingerprint density at radius 2 is 2.13 bits per heavy atom. The van der Waals surface area contributed by atoms with Gasteiger partial charge < -0.3 is 15.0 Å². The van der Waals surface area contributed by atoms with Gasteiger partial charge >= 0.3 is 5.97 Å². The molecule has 0 aromatic carbocycles. The molecule has 1 N–H and O–H groups in total. The molecule has 2 rings (SSSR count). The standard InChI is InChI=1S/C16H24N4O3/c1-3-23-14(21)12-19-8-5-9-20(11-10-19)15-13(16(22)17-2)6-4-7-18-15/h4,6-7H,3,5,8-12H2,1-2H3,(H,17,22). The zero-order valence-electron chi connectivity index (χ0n) is 13.7. The van der Waals surface area contributed by atoms with Crippen LogP contribution in [0.2, 0.25) is 0 Å². The van der Waals surface area contributed by atoms with Crippen LogP contribution in [0.25, 0.3) is 0 Å². The molecule has 1 aromatic rings. The van der Waals surface area contributed by atoms with Crippen LogP contribution < -0.4 is 10.2 Å². The molecule has 1 fully saturated rings. The molecule has 0 atom stereocenters. The number of rotatable bonds is 5. The summed E-state index contributed by atoms with van der Waals surface area (Å²) in [5, 5.41) is 2.65. The van der Waals surface area contributed by atoms with Crippen molar-refractivity contribution in [1.29, 1.82) is 0 Å². The van der Waals surface area contributed by atoms with Crippen LogP contribution in [-0.4, -0.2) is 68.1 Å². The van der Waals surface area contributed by atoms with E-state index in [9.17, 15) is 9.59 Å². The second-order valence-corrected chi connectivity index (χ2v) is 5.38. The van der Waals surface area contributed by atoms with Gasteiger partial charge in [0, 0.05) is 39.4 Å². The maximum absolute atomic E-state index is 12.0. The first-order chi connectivity index (χ1) is 11.2. The molecule has 23 heavy (non-hydrogen) atoms. The van der Waals surface area contributed by atoms with E-state index in [4.69, 9.17) is 4.74 Å². The summed E-state index contributed by atoms with van der Waals surface area (Å²) in [6.45, 7) is 5.62. The predicted molar refractivity (Wildman–Crippen MR) is 87.5 cm³/mol. The minimum atomic E-state index is -0.190. The normalized spacial score (nSPS) is 15.8. The third-order valence-corrected chi connectivity index (χ3v) is 3.80. The summed E-state index contributed by atoms with van der Waals surface area (Å²) in [7, 11) is 1.61. The zero-order valence-corrected chi connectivity index (χ0v) is 13.7. The maximum atomic E-state index is 12.0. The zero-order chi connectivity index (χ0) is 16.7. The Morgan fingerprint density at radius 1 is 1.30 bits per heavy atom. The van der Waals surface area contributed by atoms with Crippen molar-refractivity contribution in [2.75, 3.05) is 51.3 Å². The first kappa shape index (κ1) is 17.2. The second kappa shape index (κ2) is 8.47. The van der Waals surface area contributed by atoms with Gasteiger partial charge in [-0.1, -0.05) is 0 Å². The SMILES string of the molecule is CCOC(=O)CN1CCCN(c2ncccc2C(=O)NC)CC1. The lowest BCUT2D eigenvalue weighted by atomic mass is 10.2. The Hall–Kier alpha value is -2.15. The van der Waals surface area contributed by atoms with Gasteiger partial charge in [0.2, 0.25) is 0 Å². The van der Waals surface area contributed by atoms with Crippen LogP contribution in [0, 0.1) is 0 Å². The van der Waals surface area contributed by atoms with Crippen molar-refractivity contribution in [2.45, 2.75) is 13.3 Å². The molecule has 1 amide bonds. The highest BCUT2D eigenvalue weighted by Gasteiger charge is 2.21. The molecule has 0 radical (unpaired) electrons. The largest absolute Gasteiger partial charge is 0.465 e. The van der Waals surface area contributed by atoms with Gasteiger partial charge in [0.25, 0.3) is 5.91 Å². The molecule has 0 spiro atoms. The van der Waals surface area contributed by atoms with Crippen LogP contribution in [0.5, 0.6) is 0 Å². The maximum Gasteiger partial charge on any atom is 0.320 e. The molecule has 1 saturated heterocycles. The van der Waals surface area contributed by atoms with Gasteiger partial charge in [0.1, 0.15) is 5.82 Å². The molecule has 1 aliphatic heterocycles. The fourth-order valence-electron chi connectivity index (χ4n) is 2.69. The number of hydrogen-bond acceptors (Lipinski definition) is 6. The number of carbonyl (C=O) groups excluding carboxylic acids is 2. The van der Waals surface area contributed by atoms with Crippen molar-refractivity contribution in [2.24, 2.45) is 0 Å². The number of amides is 1. The summed E-state index contributed by atoms with van der Waals surface area (Å²) in [5.74, 6) is 0.371. The van der Waals surface area contributed by atoms with Crippen LogP contribution in [0.1, 0.15) is 23.7 Å². The Balaban J connectivity index is 2.03. The van der Waals surface area contributed by atoms with E-state index < -0.39 is 0 Å². The van der Waals surface area contributed by atoms with E-state index in [2.05, 4.69) is 20.1 Å². The molecule has 0 aliphatic carbocycles. The van der Waals surface area contributed by atoms with Crippen LogP contribution >= 0.6 is 0 Å². The van der Waals surface area contributed by atoms with Crippen LogP contribution in [-0.2, 0) is 9.53 Å². The fourth-order valence-corrected chi connectivity index (χ4v) is 2.69. The number of nitrogens with one attached hydrogen (secondary N) is 1. The van der Waals surface area contributed by atoms with Gasteiger partial charge in [-0.2, -0.15) is 0 Å². The summed E-state index contributed by atoms with van der Waals surface area (Å²) in [6, 6.07) is 3.54. The summed E-state index contributed by atoms with van der Waals surface area (Å²) in [6.07, 6.45) is 2.60. The van der Waals surface area contributed by atoms with Crippen LogP contribution in [0.15, 0.2) is 18.3 Å². The molecule has 0 bridgehead atoms. The van der Waals surface area contributed by atoms with Crippen molar-refractivity contribution in [3.63, 3.8) is 0 Å².